The van der Waals surface area contributed by atoms with Gasteiger partial charge in [0.15, 0.2) is 0 Å². The second-order valence-corrected chi connectivity index (χ2v) is 5.11. The Balaban J connectivity index is 1.92. The van der Waals surface area contributed by atoms with E-state index in [-0.39, 0.29) is 6.54 Å². The number of carboxylic acids is 1. The predicted octanol–water partition coefficient (Wildman–Crippen LogP) is 1.29. The first-order valence-corrected chi connectivity index (χ1v) is 6.97. The molecule has 1 aliphatic rings. The maximum Gasteiger partial charge on any atom is 0.317 e. The van der Waals surface area contributed by atoms with Crippen molar-refractivity contribution in [2.75, 3.05) is 39.8 Å². The molecule has 5 heteroatoms. The van der Waals surface area contributed by atoms with Gasteiger partial charge in [0.1, 0.15) is 5.75 Å². The number of ether oxygens (including phenoxy) is 1. The highest BCUT2D eigenvalue weighted by molar-refractivity contribution is 5.69. The Morgan fingerprint density at radius 1 is 1.20 bits per heavy atom. The van der Waals surface area contributed by atoms with Crippen LogP contribution in [0.15, 0.2) is 24.3 Å². The Bertz CT molecular complexity index is 450. The first-order valence-electron chi connectivity index (χ1n) is 6.97. The summed E-state index contributed by atoms with van der Waals surface area (Å²) in [4.78, 5) is 15.1. The number of methoxy groups -OCH3 is 1. The van der Waals surface area contributed by atoms with Crippen LogP contribution in [0.25, 0.3) is 0 Å². The zero-order valence-corrected chi connectivity index (χ0v) is 11.9. The fourth-order valence-corrected chi connectivity index (χ4v) is 2.61. The van der Waals surface area contributed by atoms with Crippen LogP contribution in [0, 0.1) is 0 Å². The topological polar surface area (TPSA) is 53.0 Å². The number of carboxylic acid groups (broad SMARTS) is 1. The molecule has 1 aliphatic heterocycles. The van der Waals surface area contributed by atoms with Gasteiger partial charge >= 0.3 is 5.97 Å². The molecule has 20 heavy (non-hydrogen) atoms. The van der Waals surface area contributed by atoms with Crippen molar-refractivity contribution >= 4 is 5.97 Å². The zero-order valence-electron chi connectivity index (χ0n) is 11.9. The molecule has 0 atom stereocenters. The summed E-state index contributed by atoms with van der Waals surface area (Å²) in [6.45, 7) is 4.54. The smallest absolute Gasteiger partial charge is 0.317 e. The normalized spacial score (nSPS) is 17.6. The van der Waals surface area contributed by atoms with Crippen LogP contribution in [0.5, 0.6) is 5.75 Å². The predicted molar refractivity (Wildman–Crippen MR) is 77.0 cm³/mol. The van der Waals surface area contributed by atoms with Crippen LogP contribution in [0.3, 0.4) is 0 Å². The van der Waals surface area contributed by atoms with E-state index in [4.69, 9.17) is 9.84 Å². The third kappa shape index (κ3) is 4.21. The van der Waals surface area contributed by atoms with E-state index in [1.54, 1.807) is 7.11 Å². The van der Waals surface area contributed by atoms with Gasteiger partial charge in [-0.05, 0) is 19.0 Å². The van der Waals surface area contributed by atoms with Gasteiger partial charge in [-0.15, -0.1) is 0 Å². The van der Waals surface area contributed by atoms with Gasteiger partial charge in [0.05, 0.1) is 13.7 Å². The SMILES string of the molecule is COc1ccccc1CN1CCCN(CC(=O)O)CC1. The number of rotatable bonds is 5. The summed E-state index contributed by atoms with van der Waals surface area (Å²) in [5, 5.41) is 8.86. The largest absolute Gasteiger partial charge is 0.496 e. The minimum Gasteiger partial charge on any atom is -0.496 e. The average Bonchev–Trinajstić information content (AvgIpc) is 2.64. The molecule has 0 bridgehead atoms. The minimum absolute atomic E-state index is 0.141. The lowest BCUT2D eigenvalue weighted by Gasteiger charge is -2.21. The Morgan fingerprint density at radius 2 is 1.90 bits per heavy atom. The minimum atomic E-state index is -0.747. The van der Waals surface area contributed by atoms with Gasteiger partial charge in [-0.25, -0.2) is 0 Å². The van der Waals surface area contributed by atoms with Gasteiger partial charge in [0.25, 0.3) is 0 Å². The summed E-state index contributed by atoms with van der Waals surface area (Å²) in [7, 11) is 1.69. The van der Waals surface area contributed by atoms with E-state index in [2.05, 4.69) is 11.0 Å². The Morgan fingerprint density at radius 3 is 2.65 bits per heavy atom. The van der Waals surface area contributed by atoms with E-state index in [0.29, 0.717) is 0 Å². The molecule has 0 aliphatic carbocycles. The molecule has 0 radical (unpaired) electrons. The molecule has 2 rings (SSSR count). The second-order valence-electron chi connectivity index (χ2n) is 5.11. The van der Waals surface area contributed by atoms with Gasteiger partial charge < -0.3 is 9.84 Å². The summed E-state index contributed by atoms with van der Waals surface area (Å²) in [5.74, 6) is 0.169. The van der Waals surface area contributed by atoms with Crippen LogP contribution in [-0.4, -0.2) is 60.7 Å². The van der Waals surface area contributed by atoms with E-state index in [9.17, 15) is 4.79 Å². The Hall–Kier alpha value is -1.59. The summed E-state index contributed by atoms with van der Waals surface area (Å²) >= 11 is 0. The van der Waals surface area contributed by atoms with E-state index in [1.807, 2.05) is 23.1 Å². The zero-order chi connectivity index (χ0) is 14.4. The first kappa shape index (κ1) is 14.8. The summed E-state index contributed by atoms with van der Waals surface area (Å²) < 4.78 is 5.38. The van der Waals surface area contributed by atoms with Crippen LogP contribution < -0.4 is 4.74 Å². The highest BCUT2D eigenvalue weighted by Gasteiger charge is 2.17. The van der Waals surface area contributed by atoms with E-state index >= 15 is 0 Å². The molecule has 5 nitrogen and oxygen atoms in total. The maximum absolute atomic E-state index is 10.8. The van der Waals surface area contributed by atoms with E-state index < -0.39 is 5.97 Å². The molecule has 1 fully saturated rings. The summed E-state index contributed by atoms with van der Waals surface area (Å²) in [6.07, 6.45) is 1.00. The molecule has 110 valence electrons. The van der Waals surface area contributed by atoms with Crippen LogP contribution >= 0.6 is 0 Å². The quantitative estimate of drug-likeness (QED) is 0.879. The number of benzene rings is 1. The fourth-order valence-electron chi connectivity index (χ4n) is 2.61. The molecule has 1 heterocycles. The lowest BCUT2D eigenvalue weighted by Crippen LogP contribution is -2.34. The molecule has 1 aromatic carbocycles. The summed E-state index contributed by atoms with van der Waals surface area (Å²) in [5.41, 5.74) is 1.18. The fraction of sp³-hybridized carbons (Fsp3) is 0.533. The molecule has 1 aromatic rings. The molecule has 0 spiro atoms. The van der Waals surface area contributed by atoms with Crippen molar-refractivity contribution in [1.29, 1.82) is 0 Å². The average molecular weight is 278 g/mol. The van der Waals surface area contributed by atoms with Crippen LogP contribution in [0.4, 0.5) is 0 Å². The number of carbonyl (C=O) groups is 1. The van der Waals surface area contributed by atoms with Gasteiger partial charge in [0.2, 0.25) is 0 Å². The molecule has 1 N–H and O–H groups in total. The summed E-state index contributed by atoms with van der Waals surface area (Å²) in [6, 6.07) is 8.05. The first-order chi connectivity index (χ1) is 9.69. The number of para-hydroxylation sites is 1. The third-order valence-corrected chi connectivity index (χ3v) is 3.63. The second kappa shape index (κ2) is 7.26. The molecular formula is C15H22N2O3. The van der Waals surface area contributed by atoms with Crippen molar-refractivity contribution in [2.45, 2.75) is 13.0 Å². The maximum atomic E-state index is 10.8. The highest BCUT2D eigenvalue weighted by atomic mass is 16.5. The van der Waals surface area contributed by atoms with Gasteiger partial charge in [-0.3, -0.25) is 14.6 Å². The molecule has 0 saturated carbocycles. The number of aliphatic carboxylic acids is 1. The number of nitrogens with zero attached hydrogens (tertiary/aromatic N) is 2. The van der Waals surface area contributed by atoms with Gasteiger partial charge in [-0.2, -0.15) is 0 Å². The molecular weight excluding hydrogens is 256 g/mol. The van der Waals surface area contributed by atoms with Crippen molar-refractivity contribution in [2.24, 2.45) is 0 Å². The van der Waals surface area contributed by atoms with Gasteiger partial charge in [-0.1, -0.05) is 18.2 Å². The standard InChI is InChI=1S/C15H22N2O3/c1-20-14-6-3-2-5-13(14)11-16-7-4-8-17(10-9-16)12-15(18)19/h2-3,5-6H,4,7-12H2,1H3,(H,18,19). The Labute approximate surface area is 119 Å². The van der Waals surface area contributed by atoms with E-state index in [0.717, 1.165) is 44.9 Å². The number of hydrogen-bond donors (Lipinski definition) is 1. The molecule has 0 unspecified atom stereocenters. The lowest BCUT2D eigenvalue weighted by molar-refractivity contribution is -0.138. The van der Waals surface area contributed by atoms with Crippen LogP contribution in [0.2, 0.25) is 0 Å². The molecule has 0 amide bonds. The third-order valence-electron chi connectivity index (χ3n) is 3.63. The number of hydrogen-bond acceptors (Lipinski definition) is 4. The van der Waals surface area contributed by atoms with Crippen molar-refractivity contribution in [1.82, 2.24) is 9.80 Å². The van der Waals surface area contributed by atoms with Crippen molar-refractivity contribution in [3.05, 3.63) is 29.8 Å². The lowest BCUT2D eigenvalue weighted by atomic mass is 10.2. The monoisotopic (exact) mass is 278 g/mol. The highest BCUT2D eigenvalue weighted by Crippen LogP contribution is 2.19. The Kier molecular flexibility index (Phi) is 5.38. The van der Waals surface area contributed by atoms with Crippen molar-refractivity contribution in [3.63, 3.8) is 0 Å². The van der Waals surface area contributed by atoms with E-state index in [1.165, 1.54) is 5.56 Å². The molecule has 1 saturated heterocycles. The van der Waals surface area contributed by atoms with Crippen molar-refractivity contribution < 1.29 is 14.6 Å². The van der Waals surface area contributed by atoms with Crippen LogP contribution in [-0.2, 0) is 11.3 Å². The molecule has 0 aromatic heterocycles. The van der Waals surface area contributed by atoms with Crippen molar-refractivity contribution in [3.8, 4) is 5.75 Å². The van der Waals surface area contributed by atoms with Gasteiger partial charge in [0, 0.05) is 31.7 Å². The van der Waals surface area contributed by atoms with Crippen LogP contribution in [0.1, 0.15) is 12.0 Å².